The van der Waals surface area contributed by atoms with Crippen LogP contribution in [0.5, 0.6) is 5.75 Å². The van der Waals surface area contributed by atoms with Crippen LogP contribution in [0.3, 0.4) is 0 Å². The molecule has 0 aliphatic carbocycles. The number of carboxylic acids is 1. The second kappa shape index (κ2) is 9.49. The number of carbonyl (C=O) groups excluding carboxylic acids is 1. The van der Waals surface area contributed by atoms with Crippen LogP contribution in [0.25, 0.3) is 0 Å². The Kier molecular flexibility index (Phi) is 7.91. The first-order valence-corrected chi connectivity index (χ1v) is 10.4. The molecule has 0 saturated heterocycles. The predicted octanol–water partition coefficient (Wildman–Crippen LogP) is 3.37. The Labute approximate surface area is 163 Å². The SMILES string of the molecule is CC(C)(C)OC(=O)N=S(C)(=O)Cc1cc(OCCCC(=O)O)cc([N+](=O)[O-])c1. The molecular formula is C17H24N2O8S. The highest BCUT2D eigenvalue weighted by molar-refractivity contribution is 7.92. The van der Waals surface area contributed by atoms with Crippen molar-refractivity contribution in [2.24, 2.45) is 4.36 Å². The van der Waals surface area contributed by atoms with Gasteiger partial charge in [-0.1, -0.05) is 0 Å². The van der Waals surface area contributed by atoms with Crippen molar-refractivity contribution in [2.45, 2.75) is 45.0 Å². The number of carboxylic acid groups (broad SMARTS) is 1. The van der Waals surface area contributed by atoms with E-state index in [1.807, 2.05) is 0 Å². The maximum atomic E-state index is 12.6. The van der Waals surface area contributed by atoms with E-state index in [2.05, 4.69) is 4.36 Å². The molecule has 1 rings (SSSR count). The quantitative estimate of drug-likeness (QED) is 0.385. The molecule has 1 aromatic carbocycles. The number of rotatable bonds is 8. The molecule has 1 amide bonds. The molecule has 1 atom stereocenters. The lowest BCUT2D eigenvalue weighted by atomic mass is 10.2. The number of hydrogen-bond donors (Lipinski definition) is 1. The van der Waals surface area contributed by atoms with Crippen LogP contribution in [0.4, 0.5) is 10.5 Å². The number of nitro groups is 1. The van der Waals surface area contributed by atoms with E-state index in [4.69, 9.17) is 14.6 Å². The normalized spacial score (nSPS) is 13.3. The summed E-state index contributed by atoms with van der Waals surface area (Å²) in [5.41, 5.74) is -0.779. The number of benzene rings is 1. The fourth-order valence-corrected chi connectivity index (χ4v) is 3.31. The average molecular weight is 416 g/mol. The lowest BCUT2D eigenvalue weighted by Crippen LogP contribution is -2.22. The number of hydrogen-bond acceptors (Lipinski definition) is 7. The molecule has 10 nitrogen and oxygen atoms in total. The molecule has 0 bridgehead atoms. The minimum absolute atomic E-state index is 0.0523. The van der Waals surface area contributed by atoms with Crippen LogP contribution in [0.1, 0.15) is 39.2 Å². The van der Waals surface area contributed by atoms with Gasteiger partial charge in [0.15, 0.2) is 0 Å². The van der Waals surface area contributed by atoms with Crippen LogP contribution in [-0.2, 0) is 25.0 Å². The summed E-state index contributed by atoms with van der Waals surface area (Å²) in [5, 5.41) is 19.7. The molecule has 28 heavy (non-hydrogen) atoms. The van der Waals surface area contributed by atoms with E-state index >= 15 is 0 Å². The molecule has 0 aromatic heterocycles. The molecule has 1 N–H and O–H groups in total. The zero-order valence-corrected chi connectivity index (χ0v) is 17.0. The van der Waals surface area contributed by atoms with Gasteiger partial charge in [0.2, 0.25) is 0 Å². The van der Waals surface area contributed by atoms with Gasteiger partial charge in [-0.05, 0) is 38.8 Å². The fourth-order valence-electron chi connectivity index (χ4n) is 2.11. The van der Waals surface area contributed by atoms with E-state index in [1.54, 1.807) is 20.8 Å². The Bertz CT molecular complexity index is 866. The second-order valence-electron chi connectivity index (χ2n) is 7.11. The Morgan fingerprint density at radius 1 is 1.29 bits per heavy atom. The largest absolute Gasteiger partial charge is 0.493 e. The maximum Gasteiger partial charge on any atom is 0.442 e. The van der Waals surface area contributed by atoms with Gasteiger partial charge < -0.3 is 14.6 Å². The van der Waals surface area contributed by atoms with Crippen molar-refractivity contribution in [3.05, 3.63) is 33.9 Å². The molecule has 1 aromatic rings. The van der Waals surface area contributed by atoms with Gasteiger partial charge in [0, 0.05) is 18.7 Å². The van der Waals surface area contributed by atoms with Crippen molar-refractivity contribution in [3.63, 3.8) is 0 Å². The highest BCUT2D eigenvalue weighted by atomic mass is 32.2. The number of carbonyl (C=O) groups is 2. The summed E-state index contributed by atoms with van der Waals surface area (Å²) in [6.07, 6.45) is 0.407. The van der Waals surface area contributed by atoms with Gasteiger partial charge in [0.25, 0.3) is 5.69 Å². The van der Waals surface area contributed by atoms with E-state index in [0.717, 1.165) is 0 Å². The standard InChI is InChI=1S/C17H24N2O8S/c1-17(2,3)27-16(22)18-28(4,25)11-12-8-13(19(23)24)10-14(9-12)26-7-5-6-15(20)21/h8-10H,5-7,11H2,1-4H3,(H,20,21). The van der Waals surface area contributed by atoms with Gasteiger partial charge in [-0.15, -0.1) is 4.36 Å². The predicted molar refractivity (Wildman–Crippen MR) is 102 cm³/mol. The first kappa shape index (κ1) is 23.3. The highest BCUT2D eigenvalue weighted by Gasteiger charge is 2.19. The number of nitro benzene ring substituents is 1. The molecule has 0 aliphatic heterocycles. The molecule has 1 unspecified atom stereocenters. The Hall–Kier alpha value is -2.69. The van der Waals surface area contributed by atoms with Crippen LogP contribution in [0.2, 0.25) is 0 Å². The average Bonchev–Trinajstić information content (AvgIpc) is 2.47. The van der Waals surface area contributed by atoms with E-state index in [0.29, 0.717) is 5.56 Å². The number of nitrogens with zero attached hydrogens (tertiary/aromatic N) is 2. The maximum absolute atomic E-state index is 12.6. The van der Waals surface area contributed by atoms with E-state index < -0.39 is 32.3 Å². The molecule has 0 spiro atoms. The van der Waals surface area contributed by atoms with Crippen molar-refractivity contribution in [1.82, 2.24) is 0 Å². The summed E-state index contributed by atoms with van der Waals surface area (Å²) < 4.78 is 26.6. The van der Waals surface area contributed by atoms with E-state index in [9.17, 15) is 23.9 Å². The van der Waals surface area contributed by atoms with Crippen molar-refractivity contribution in [1.29, 1.82) is 0 Å². The number of ether oxygens (including phenoxy) is 2. The topological polar surface area (TPSA) is 145 Å². The van der Waals surface area contributed by atoms with Crippen molar-refractivity contribution in [2.75, 3.05) is 12.9 Å². The summed E-state index contributed by atoms with van der Waals surface area (Å²) in [6.45, 7) is 4.99. The van der Waals surface area contributed by atoms with E-state index in [1.165, 1.54) is 24.5 Å². The molecule has 0 radical (unpaired) electrons. The number of non-ortho nitro benzene ring substituents is 1. The van der Waals surface area contributed by atoms with Crippen molar-refractivity contribution in [3.8, 4) is 5.75 Å². The monoisotopic (exact) mass is 416 g/mol. The smallest absolute Gasteiger partial charge is 0.442 e. The third kappa shape index (κ3) is 9.31. The first-order chi connectivity index (χ1) is 12.8. The highest BCUT2D eigenvalue weighted by Crippen LogP contribution is 2.25. The molecule has 0 aliphatic rings. The van der Waals surface area contributed by atoms with Gasteiger partial charge in [0.05, 0.1) is 33.1 Å². The Morgan fingerprint density at radius 2 is 1.93 bits per heavy atom. The third-order valence-corrected chi connectivity index (χ3v) is 4.47. The summed E-state index contributed by atoms with van der Waals surface area (Å²) >= 11 is 0. The van der Waals surface area contributed by atoms with E-state index in [-0.39, 0.29) is 36.6 Å². The second-order valence-corrected chi connectivity index (χ2v) is 9.50. The molecule has 11 heteroatoms. The molecule has 156 valence electrons. The van der Waals surface area contributed by atoms with Crippen LogP contribution >= 0.6 is 0 Å². The summed E-state index contributed by atoms with van der Waals surface area (Å²) in [5.74, 6) is -1.06. The molecular weight excluding hydrogens is 392 g/mol. The van der Waals surface area contributed by atoms with Crippen LogP contribution in [0, 0.1) is 10.1 Å². The Balaban J connectivity index is 3.02. The van der Waals surface area contributed by atoms with Gasteiger partial charge in [-0.2, -0.15) is 0 Å². The summed E-state index contributed by atoms with van der Waals surface area (Å²) in [4.78, 5) is 32.8. The molecule has 0 saturated carbocycles. The van der Waals surface area contributed by atoms with Crippen molar-refractivity contribution < 1.29 is 33.3 Å². The first-order valence-electron chi connectivity index (χ1n) is 8.33. The minimum Gasteiger partial charge on any atom is -0.493 e. The summed E-state index contributed by atoms with van der Waals surface area (Å²) in [7, 11) is -3.06. The summed E-state index contributed by atoms with van der Waals surface area (Å²) in [6, 6.07) is 3.85. The zero-order chi connectivity index (χ0) is 21.5. The zero-order valence-electron chi connectivity index (χ0n) is 16.2. The minimum atomic E-state index is -3.06. The van der Waals surface area contributed by atoms with Crippen LogP contribution in [0.15, 0.2) is 22.6 Å². The lowest BCUT2D eigenvalue weighted by molar-refractivity contribution is -0.385. The van der Waals surface area contributed by atoms with Gasteiger partial charge in [-0.25, -0.2) is 9.00 Å². The van der Waals surface area contributed by atoms with Crippen molar-refractivity contribution >= 4 is 27.5 Å². The fraction of sp³-hybridized carbons (Fsp3) is 0.529. The Morgan fingerprint density at radius 3 is 2.46 bits per heavy atom. The van der Waals surface area contributed by atoms with Gasteiger partial charge >= 0.3 is 12.1 Å². The third-order valence-electron chi connectivity index (χ3n) is 3.06. The van der Waals surface area contributed by atoms with Gasteiger partial charge in [0.1, 0.15) is 11.4 Å². The molecule has 0 fully saturated rings. The molecule has 0 heterocycles. The van der Waals surface area contributed by atoms with Crippen LogP contribution in [-0.4, -0.2) is 44.8 Å². The lowest BCUT2D eigenvalue weighted by Gasteiger charge is -2.17. The number of aliphatic carboxylic acids is 1. The van der Waals surface area contributed by atoms with Crippen LogP contribution < -0.4 is 4.74 Å². The number of amides is 1. The van der Waals surface area contributed by atoms with Gasteiger partial charge in [-0.3, -0.25) is 14.9 Å².